The van der Waals surface area contributed by atoms with Crippen molar-refractivity contribution in [1.82, 2.24) is 19.6 Å². The van der Waals surface area contributed by atoms with Crippen LogP contribution < -0.4 is 5.32 Å². The average Bonchev–Trinajstić information content (AvgIpc) is 3.34. The number of hydrogen-bond acceptors (Lipinski definition) is 3. The van der Waals surface area contributed by atoms with Crippen molar-refractivity contribution in [3.05, 3.63) is 95.2 Å². The summed E-state index contributed by atoms with van der Waals surface area (Å²) in [4.78, 5) is 12.9. The van der Waals surface area contributed by atoms with Gasteiger partial charge >= 0.3 is 0 Å². The maximum absolute atomic E-state index is 13.8. The maximum atomic E-state index is 13.8. The molecule has 4 aromatic rings. The Morgan fingerprint density at radius 1 is 1.07 bits per heavy atom. The van der Waals surface area contributed by atoms with Gasteiger partial charge in [-0.25, -0.2) is 9.07 Å². The fraction of sp³-hybridized carbons (Fsp3) is 0.136. The highest BCUT2D eigenvalue weighted by molar-refractivity contribution is 6.04. The first kappa shape index (κ1) is 18.6. The molecule has 2 aromatic carbocycles. The Morgan fingerprint density at radius 2 is 1.86 bits per heavy atom. The molecule has 0 bridgehead atoms. The summed E-state index contributed by atoms with van der Waals surface area (Å²) >= 11 is 0. The topological polar surface area (TPSA) is 64.7 Å². The van der Waals surface area contributed by atoms with Gasteiger partial charge in [-0.1, -0.05) is 41.1 Å². The number of nitrogens with one attached hydrogen (secondary N) is 1. The monoisotopic (exact) mass is 389 g/mol. The first-order valence-electron chi connectivity index (χ1n) is 9.21. The summed E-state index contributed by atoms with van der Waals surface area (Å²) < 4.78 is 17.3. The number of benzene rings is 2. The van der Waals surface area contributed by atoms with E-state index in [1.54, 1.807) is 28.3 Å². The molecule has 0 atom stereocenters. The smallest absolute Gasteiger partial charge is 0.280 e. The van der Waals surface area contributed by atoms with E-state index in [4.69, 9.17) is 0 Å². The Balaban J connectivity index is 1.68. The van der Waals surface area contributed by atoms with Crippen molar-refractivity contribution >= 4 is 11.6 Å². The highest BCUT2D eigenvalue weighted by Gasteiger charge is 2.21. The Hall–Kier alpha value is -3.74. The minimum atomic E-state index is -0.451. The Labute approximate surface area is 167 Å². The second kappa shape index (κ2) is 7.71. The van der Waals surface area contributed by atoms with Gasteiger partial charge in [-0.05, 0) is 49.2 Å². The Kier molecular flexibility index (Phi) is 4.95. The number of nitrogens with zero attached hydrogens (tertiary/aromatic N) is 4. The zero-order valence-electron chi connectivity index (χ0n) is 16.1. The first-order valence-corrected chi connectivity index (χ1v) is 9.21. The molecule has 29 heavy (non-hydrogen) atoms. The number of rotatable bonds is 5. The molecule has 0 saturated carbocycles. The van der Waals surface area contributed by atoms with Gasteiger partial charge in [-0.2, -0.15) is 0 Å². The number of carbonyl (C=O) groups excluding carboxylic acids is 1. The van der Waals surface area contributed by atoms with Crippen molar-refractivity contribution in [1.29, 1.82) is 0 Å². The van der Waals surface area contributed by atoms with E-state index in [0.717, 1.165) is 11.1 Å². The van der Waals surface area contributed by atoms with Gasteiger partial charge in [0.15, 0.2) is 11.5 Å². The fourth-order valence-electron chi connectivity index (χ4n) is 3.14. The number of anilines is 1. The molecule has 0 saturated heterocycles. The van der Waals surface area contributed by atoms with Gasteiger partial charge in [0.05, 0.1) is 6.54 Å². The number of halogens is 1. The second-order valence-corrected chi connectivity index (χ2v) is 6.92. The molecule has 0 unspecified atom stereocenters. The lowest BCUT2D eigenvalue weighted by Crippen LogP contribution is -2.17. The molecular formula is C22H20FN5O. The number of aromatic nitrogens is 4. The van der Waals surface area contributed by atoms with Gasteiger partial charge in [0.25, 0.3) is 5.91 Å². The Bertz CT molecular complexity index is 1160. The fourth-order valence-corrected chi connectivity index (χ4v) is 3.14. The summed E-state index contributed by atoms with van der Waals surface area (Å²) in [5, 5.41) is 11.0. The van der Waals surface area contributed by atoms with Crippen LogP contribution in [-0.2, 0) is 6.54 Å². The molecule has 0 aliphatic rings. The van der Waals surface area contributed by atoms with Crippen LogP contribution in [0.5, 0.6) is 0 Å². The van der Waals surface area contributed by atoms with Crippen molar-refractivity contribution in [3.63, 3.8) is 0 Å². The lowest BCUT2D eigenvalue weighted by Gasteiger charge is -2.10. The van der Waals surface area contributed by atoms with Gasteiger partial charge in [0.1, 0.15) is 5.82 Å². The molecule has 0 radical (unpaired) electrons. The third-order valence-electron chi connectivity index (χ3n) is 4.62. The van der Waals surface area contributed by atoms with Crippen LogP contribution in [0.3, 0.4) is 0 Å². The van der Waals surface area contributed by atoms with E-state index in [2.05, 4.69) is 21.7 Å². The van der Waals surface area contributed by atoms with E-state index in [1.807, 2.05) is 49.6 Å². The largest absolute Gasteiger partial charge is 0.320 e. The summed E-state index contributed by atoms with van der Waals surface area (Å²) in [6.45, 7) is 4.16. The van der Waals surface area contributed by atoms with Crippen LogP contribution in [0.25, 0.3) is 5.82 Å². The molecule has 0 spiro atoms. The van der Waals surface area contributed by atoms with Gasteiger partial charge in [0, 0.05) is 18.1 Å². The molecule has 146 valence electrons. The van der Waals surface area contributed by atoms with E-state index in [1.165, 1.54) is 6.07 Å². The second-order valence-electron chi connectivity index (χ2n) is 6.92. The standard InChI is InChI=1S/C22H20FN5O/c1-15-6-5-7-17(12-15)14-28-22(27-10-3-4-11-27)20(25-26-28)21(29)24-18-9-8-16(2)19(23)13-18/h3-13H,14H2,1-2H3,(H,24,29). The van der Waals surface area contributed by atoms with Crippen molar-refractivity contribution in [3.8, 4) is 5.82 Å². The summed E-state index contributed by atoms with van der Waals surface area (Å²) in [6, 6.07) is 16.4. The molecule has 4 rings (SSSR count). The SMILES string of the molecule is Cc1cccc(Cn2nnc(C(=O)Nc3ccc(C)c(F)c3)c2-n2cccc2)c1. The van der Waals surface area contributed by atoms with E-state index in [-0.39, 0.29) is 11.5 Å². The van der Waals surface area contributed by atoms with Crippen LogP contribution in [0, 0.1) is 19.7 Å². The molecule has 2 heterocycles. The summed E-state index contributed by atoms with van der Waals surface area (Å²) in [5.41, 5.74) is 3.24. The molecule has 6 nitrogen and oxygen atoms in total. The molecule has 1 amide bonds. The van der Waals surface area contributed by atoms with Crippen LogP contribution in [0.4, 0.5) is 10.1 Å². The minimum Gasteiger partial charge on any atom is -0.320 e. The molecule has 2 aromatic heterocycles. The highest BCUT2D eigenvalue weighted by atomic mass is 19.1. The lowest BCUT2D eigenvalue weighted by molar-refractivity contribution is 0.102. The van der Waals surface area contributed by atoms with Crippen LogP contribution in [0.2, 0.25) is 0 Å². The van der Waals surface area contributed by atoms with Crippen LogP contribution in [0.1, 0.15) is 27.2 Å². The van der Waals surface area contributed by atoms with E-state index in [9.17, 15) is 9.18 Å². The third kappa shape index (κ3) is 3.94. The Morgan fingerprint density at radius 3 is 2.59 bits per heavy atom. The van der Waals surface area contributed by atoms with Crippen molar-refractivity contribution < 1.29 is 9.18 Å². The third-order valence-corrected chi connectivity index (χ3v) is 4.62. The summed E-state index contributed by atoms with van der Waals surface area (Å²) in [6.07, 6.45) is 3.65. The number of aryl methyl sites for hydroxylation is 2. The highest BCUT2D eigenvalue weighted by Crippen LogP contribution is 2.19. The van der Waals surface area contributed by atoms with Crippen LogP contribution in [-0.4, -0.2) is 25.5 Å². The van der Waals surface area contributed by atoms with Crippen molar-refractivity contribution in [2.75, 3.05) is 5.32 Å². The molecule has 7 heteroatoms. The predicted octanol–water partition coefficient (Wildman–Crippen LogP) is 4.13. The number of amides is 1. The van der Waals surface area contributed by atoms with Gasteiger partial charge in [-0.3, -0.25) is 4.79 Å². The van der Waals surface area contributed by atoms with E-state index >= 15 is 0 Å². The predicted molar refractivity (Wildman–Crippen MR) is 109 cm³/mol. The zero-order valence-corrected chi connectivity index (χ0v) is 16.1. The van der Waals surface area contributed by atoms with Gasteiger partial charge in [0.2, 0.25) is 0 Å². The number of hydrogen-bond donors (Lipinski definition) is 1. The van der Waals surface area contributed by atoms with Crippen LogP contribution in [0.15, 0.2) is 67.0 Å². The van der Waals surface area contributed by atoms with Crippen molar-refractivity contribution in [2.24, 2.45) is 0 Å². The molecule has 0 fully saturated rings. The quantitative estimate of drug-likeness (QED) is 0.558. The average molecular weight is 389 g/mol. The normalized spacial score (nSPS) is 10.9. The zero-order chi connectivity index (χ0) is 20.4. The summed E-state index contributed by atoms with van der Waals surface area (Å²) in [5.74, 6) is -0.287. The van der Waals surface area contributed by atoms with Gasteiger partial charge < -0.3 is 9.88 Å². The van der Waals surface area contributed by atoms with Crippen molar-refractivity contribution in [2.45, 2.75) is 20.4 Å². The van der Waals surface area contributed by atoms with E-state index < -0.39 is 5.91 Å². The van der Waals surface area contributed by atoms with Crippen LogP contribution >= 0.6 is 0 Å². The molecule has 0 aliphatic carbocycles. The summed E-state index contributed by atoms with van der Waals surface area (Å²) in [7, 11) is 0. The maximum Gasteiger partial charge on any atom is 0.280 e. The van der Waals surface area contributed by atoms with Gasteiger partial charge in [-0.15, -0.1) is 5.10 Å². The molecule has 0 aliphatic heterocycles. The molecule has 1 N–H and O–H groups in total. The minimum absolute atomic E-state index is 0.162. The lowest BCUT2D eigenvalue weighted by atomic mass is 10.1. The van der Waals surface area contributed by atoms with E-state index in [0.29, 0.717) is 23.6 Å². The molecular weight excluding hydrogens is 369 g/mol. The first-order chi connectivity index (χ1) is 14.0. The number of carbonyl (C=O) groups is 1.